The van der Waals surface area contributed by atoms with Crippen LogP contribution in [0.3, 0.4) is 0 Å². The fraction of sp³-hybridized carbons (Fsp3) is 0.214. The van der Waals surface area contributed by atoms with Gasteiger partial charge < -0.3 is 15.0 Å². The number of benzene rings is 1. The summed E-state index contributed by atoms with van der Waals surface area (Å²) in [6.07, 6.45) is 1.63. The molecule has 1 aromatic carbocycles. The van der Waals surface area contributed by atoms with E-state index in [-0.39, 0.29) is 11.1 Å². The summed E-state index contributed by atoms with van der Waals surface area (Å²) in [4.78, 5) is 11.5. The first-order chi connectivity index (χ1) is 8.52. The lowest BCUT2D eigenvalue weighted by Crippen LogP contribution is -2.13. The van der Waals surface area contributed by atoms with Gasteiger partial charge in [0.15, 0.2) is 0 Å². The molecule has 2 rings (SSSR count). The van der Waals surface area contributed by atoms with Gasteiger partial charge in [-0.2, -0.15) is 0 Å². The van der Waals surface area contributed by atoms with Crippen molar-refractivity contribution < 1.29 is 4.74 Å². The Morgan fingerprint density at radius 3 is 2.61 bits per heavy atom. The lowest BCUT2D eigenvalue weighted by molar-refractivity contribution is 0.412. The normalized spacial score (nSPS) is 10.4. The molecule has 0 unspecified atom stereocenters. The van der Waals surface area contributed by atoms with Crippen LogP contribution in [-0.4, -0.2) is 11.7 Å². The minimum atomic E-state index is -0.157. The van der Waals surface area contributed by atoms with E-state index in [0.29, 0.717) is 0 Å². The van der Waals surface area contributed by atoms with Crippen LogP contribution < -0.4 is 15.9 Å². The molecule has 0 aliphatic rings. The summed E-state index contributed by atoms with van der Waals surface area (Å²) < 4.78 is 7.20. The maximum absolute atomic E-state index is 11.5. The van der Waals surface area contributed by atoms with E-state index in [1.54, 1.807) is 13.3 Å². The summed E-state index contributed by atoms with van der Waals surface area (Å²) in [5, 5.41) is 0. The molecule has 18 heavy (non-hydrogen) atoms. The van der Waals surface area contributed by atoms with E-state index in [4.69, 9.17) is 10.5 Å². The molecule has 0 aliphatic heterocycles. The Hall–Kier alpha value is -2.23. The number of anilines is 1. The molecule has 1 aromatic heterocycles. The van der Waals surface area contributed by atoms with Crippen LogP contribution in [0.2, 0.25) is 0 Å². The van der Waals surface area contributed by atoms with Crippen LogP contribution in [0.4, 0.5) is 5.69 Å². The maximum atomic E-state index is 11.5. The van der Waals surface area contributed by atoms with Crippen molar-refractivity contribution in [1.29, 1.82) is 0 Å². The molecule has 0 bridgehead atoms. The van der Waals surface area contributed by atoms with E-state index in [2.05, 4.69) is 0 Å². The number of rotatable bonds is 2. The minimum Gasteiger partial charge on any atom is -0.495 e. The summed E-state index contributed by atoms with van der Waals surface area (Å²) in [6, 6.07) is 7.40. The number of methoxy groups -OCH3 is 1. The van der Waals surface area contributed by atoms with Crippen LogP contribution in [0.25, 0.3) is 5.69 Å². The van der Waals surface area contributed by atoms with Gasteiger partial charge in [0.2, 0.25) is 5.43 Å². The average molecular weight is 244 g/mol. The van der Waals surface area contributed by atoms with Crippen molar-refractivity contribution in [1.82, 2.24) is 4.57 Å². The van der Waals surface area contributed by atoms with Crippen molar-refractivity contribution in [2.45, 2.75) is 13.8 Å². The van der Waals surface area contributed by atoms with Gasteiger partial charge in [0.05, 0.1) is 18.5 Å². The second-order valence-corrected chi connectivity index (χ2v) is 4.28. The number of nitrogens with zero attached hydrogens (tertiary/aromatic N) is 1. The summed E-state index contributed by atoms with van der Waals surface area (Å²) in [6.45, 7) is 3.87. The zero-order valence-electron chi connectivity index (χ0n) is 10.7. The first kappa shape index (κ1) is 12.2. The van der Waals surface area contributed by atoms with Gasteiger partial charge in [-0.1, -0.05) is 6.07 Å². The highest BCUT2D eigenvalue weighted by molar-refractivity contribution is 5.52. The molecule has 2 N–H and O–H groups in total. The molecule has 94 valence electrons. The first-order valence-electron chi connectivity index (χ1n) is 5.66. The smallest absolute Gasteiger partial charge is 0.204 e. The van der Waals surface area contributed by atoms with E-state index in [9.17, 15) is 4.79 Å². The average Bonchev–Trinajstić information content (AvgIpc) is 2.34. The zero-order valence-corrected chi connectivity index (χ0v) is 10.7. The van der Waals surface area contributed by atoms with Crippen molar-refractivity contribution in [3.05, 3.63) is 51.9 Å². The third-order valence-electron chi connectivity index (χ3n) is 2.87. The molecule has 0 saturated carbocycles. The molecule has 0 radical (unpaired) electrons. The molecule has 0 fully saturated rings. The van der Waals surface area contributed by atoms with Gasteiger partial charge in [-0.3, -0.25) is 4.79 Å². The van der Waals surface area contributed by atoms with E-state index < -0.39 is 0 Å². The largest absolute Gasteiger partial charge is 0.495 e. The van der Waals surface area contributed by atoms with Crippen LogP contribution in [0.15, 0.2) is 35.3 Å². The Balaban J connectivity index is 2.72. The second kappa shape index (κ2) is 4.56. The van der Waals surface area contributed by atoms with Crippen LogP contribution in [-0.2, 0) is 0 Å². The van der Waals surface area contributed by atoms with Gasteiger partial charge in [-0.05, 0) is 31.5 Å². The quantitative estimate of drug-likeness (QED) is 0.879. The van der Waals surface area contributed by atoms with Gasteiger partial charge in [-0.25, -0.2) is 0 Å². The minimum absolute atomic E-state index is 0.157. The number of pyridine rings is 1. The van der Waals surface area contributed by atoms with Crippen molar-refractivity contribution >= 4 is 5.69 Å². The molecule has 4 nitrogen and oxygen atoms in total. The Morgan fingerprint density at radius 1 is 1.22 bits per heavy atom. The third kappa shape index (κ3) is 2.09. The molecule has 2 aromatic rings. The molecule has 0 saturated heterocycles. The number of hydrogen-bond acceptors (Lipinski definition) is 3. The predicted octanol–water partition coefficient (Wildman–Crippen LogP) is 2.05. The molecule has 0 amide bonds. The van der Waals surface area contributed by atoms with Crippen molar-refractivity contribution in [2.75, 3.05) is 12.8 Å². The van der Waals surface area contributed by atoms with Gasteiger partial charge in [0.25, 0.3) is 0 Å². The van der Waals surface area contributed by atoms with Crippen LogP contribution in [0.1, 0.15) is 11.3 Å². The third-order valence-corrected chi connectivity index (χ3v) is 2.87. The van der Waals surface area contributed by atoms with Gasteiger partial charge in [-0.15, -0.1) is 0 Å². The standard InChI is InChI=1S/C14H16N2O2/c1-9-4-5-14(18-3)12(6-9)16-8-11(15)13(17)7-10(16)2/h4-8H,15H2,1-3H3. The van der Waals surface area contributed by atoms with Gasteiger partial charge in [0.1, 0.15) is 5.75 Å². The lowest BCUT2D eigenvalue weighted by Gasteiger charge is -2.15. The van der Waals surface area contributed by atoms with Crippen LogP contribution in [0, 0.1) is 13.8 Å². The molecule has 1 heterocycles. The van der Waals surface area contributed by atoms with E-state index in [1.807, 2.05) is 36.6 Å². The highest BCUT2D eigenvalue weighted by Crippen LogP contribution is 2.25. The highest BCUT2D eigenvalue weighted by atomic mass is 16.5. The van der Waals surface area contributed by atoms with Crippen LogP contribution in [0.5, 0.6) is 5.75 Å². The summed E-state index contributed by atoms with van der Waals surface area (Å²) >= 11 is 0. The van der Waals surface area contributed by atoms with Gasteiger partial charge >= 0.3 is 0 Å². The van der Waals surface area contributed by atoms with Crippen LogP contribution >= 0.6 is 0 Å². The predicted molar refractivity (Wildman–Crippen MR) is 72.5 cm³/mol. The molecule has 4 heteroatoms. The van der Waals surface area contributed by atoms with Crippen molar-refractivity contribution in [2.24, 2.45) is 0 Å². The number of aromatic nitrogens is 1. The molecule has 0 spiro atoms. The molecular formula is C14H16N2O2. The fourth-order valence-electron chi connectivity index (χ4n) is 1.89. The van der Waals surface area contributed by atoms with Crippen molar-refractivity contribution in [3.8, 4) is 11.4 Å². The summed E-state index contributed by atoms with van der Waals surface area (Å²) in [5.74, 6) is 0.742. The number of hydrogen-bond donors (Lipinski definition) is 1. The Labute approximate surface area is 106 Å². The Bertz CT molecular complexity index is 645. The van der Waals surface area contributed by atoms with E-state index >= 15 is 0 Å². The second-order valence-electron chi connectivity index (χ2n) is 4.28. The first-order valence-corrected chi connectivity index (χ1v) is 5.66. The van der Waals surface area contributed by atoms with E-state index in [1.165, 1.54) is 6.07 Å². The topological polar surface area (TPSA) is 57.2 Å². The summed E-state index contributed by atoms with van der Waals surface area (Å²) in [5.41, 5.74) is 8.56. The van der Waals surface area contributed by atoms with Crippen molar-refractivity contribution in [3.63, 3.8) is 0 Å². The molecule has 0 atom stereocenters. The molecule has 0 aliphatic carbocycles. The maximum Gasteiger partial charge on any atom is 0.204 e. The number of nitrogens with two attached hydrogens (primary N) is 1. The van der Waals surface area contributed by atoms with Gasteiger partial charge in [0, 0.05) is 18.0 Å². The summed E-state index contributed by atoms with van der Waals surface area (Å²) in [7, 11) is 1.62. The number of aryl methyl sites for hydroxylation is 2. The SMILES string of the molecule is COc1ccc(C)cc1-n1cc(N)c(=O)cc1C. The van der Waals surface area contributed by atoms with E-state index in [0.717, 1.165) is 22.7 Å². The Kier molecular flexibility index (Phi) is 3.10. The fourth-order valence-corrected chi connectivity index (χ4v) is 1.89. The number of ether oxygens (including phenoxy) is 1. The lowest BCUT2D eigenvalue weighted by atomic mass is 10.2. The Morgan fingerprint density at radius 2 is 1.94 bits per heavy atom. The monoisotopic (exact) mass is 244 g/mol. The highest BCUT2D eigenvalue weighted by Gasteiger charge is 2.08. The zero-order chi connectivity index (χ0) is 13.3. The molecular weight excluding hydrogens is 228 g/mol. The number of nitrogen functional groups attached to an aromatic ring is 1.